The number of nitrogens with zero attached hydrogens (tertiary/aromatic N) is 1. The van der Waals surface area contributed by atoms with Crippen LogP contribution in [-0.4, -0.2) is 60.5 Å². The fourth-order valence-electron chi connectivity index (χ4n) is 2.78. The van der Waals surface area contributed by atoms with Crippen LogP contribution >= 0.6 is 0 Å². The highest BCUT2D eigenvalue weighted by Gasteiger charge is 2.34. The van der Waals surface area contributed by atoms with E-state index in [2.05, 4.69) is 18.9 Å². The number of ether oxygens (including phenoxy) is 2. The summed E-state index contributed by atoms with van der Waals surface area (Å²) in [7, 11) is 2.06. The maximum absolute atomic E-state index is 10.8. The molecule has 2 rings (SSSR count). The zero-order valence-corrected chi connectivity index (χ0v) is 10.5. The Labute approximate surface area is 102 Å². The Balaban J connectivity index is 1.79. The lowest BCUT2D eigenvalue weighted by Crippen LogP contribution is -2.41. The van der Waals surface area contributed by atoms with E-state index in [0.717, 1.165) is 26.0 Å². The number of rotatable bonds is 4. The number of hydrogen-bond acceptors (Lipinski definition) is 4. The second-order valence-electron chi connectivity index (χ2n) is 5.03. The molecule has 98 valence electrons. The summed E-state index contributed by atoms with van der Waals surface area (Å²) in [6.45, 7) is 3.70. The highest BCUT2D eigenvalue weighted by molar-refractivity contribution is 5.72. The number of carboxylic acids is 1. The SMILES string of the molecule is CC1OCCC1N(C)CC1CCC(C(=O)O)O1. The molecule has 5 heteroatoms. The first-order valence-electron chi connectivity index (χ1n) is 6.28. The number of likely N-dealkylation sites (N-methyl/N-ethyl adjacent to an activating group) is 1. The standard InChI is InChI=1S/C12H21NO4/c1-8-10(5-6-16-8)13(2)7-9-3-4-11(17-9)12(14)15/h8-11H,3-7H2,1-2H3,(H,14,15). The van der Waals surface area contributed by atoms with E-state index in [1.807, 2.05) is 0 Å². The average molecular weight is 243 g/mol. The number of carboxylic acid groups (broad SMARTS) is 1. The second-order valence-corrected chi connectivity index (χ2v) is 5.03. The van der Waals surface area contributed by atoms with Crippen molar-refractivity contribution in [2.24, 2.45) is 0 Å². The van der Waals surface area contributed by atoms with E-state index in [9.17, 15) is 4.79 Å². The van der Waals surface area contributed by atoms with Crippen molar-refractivity contribution in [2.75, 3.05) is 20.2 Å². The van der Waals surface area contributed by atoms with Gasteiger partial charge in [-0.15, -0.1) is 0 Å². The maximum Gasteiger partial charge on any atom is 0.332 e. The molecule has 0 radical (unpaired) electrons. The monoisotopic (exact) mass is 243 g/mol. The largest absolute Gasteiger partial charge is 0.479 e. The summed E-state index contributed by atoms with van der Waals surface area (Å²) in [4.78, 5) is 13.0. The van der Waals surface area contributed by atoms with Crippen LogP contribution in [0.15, 0.2) is 0 Å². The lowest BCUT2D eigenvalue weighted by Gasteiger charge is -2.28. The third kappa shape index (κ3) is 2.97. The fourth-order valence-corrected chi connectivity index (χ4v) is 2.78. The first kappa shape index (κ1) is 12.8. The van der Waals surface area contributed by atoms with Crippen molar-refractivity contribution in [3.05, 3.63) is 0 Å². The Bertz CT molecular complexity index is 284. The lowest BCUT2D eigenvalue weighted by atomic mass is 10.1. The predicted octanol–water partition coefficient (Wildman–Crippen LogP) is 0.728. The summed E-state index contributed by atoms with van der Waals surface area (Å²) in [6.07, 6.45) is 2.22. The molecule has 0 aromatic heterocycles. The normalized spacial score (nSPS) is 37.8. The topological polar surface area (TPSA) is 59.0 Å². The molecule has 2 saturated heterocycles. The van der Waals surface area contributed by atoms with Crippen molar-refractivity contribution in [2.45, 2.75) is 50.5 Å². The Morgan fingerprint density at radius 1 is 1.41 bits per heavy atom. The van der Waals surface area contributed by atoms with Gasteiger partial charge in [0.1, 0.15) is 0 Å². The molecule has 17 heavy (non-hydrogen) atoms. The lowest BCUT2D eigenvalue weighted by molar-refractivity contribution is -0.149. The van der Waals surface area contributed by atoms with Crippen LogP contribution in [0.4, 0.5) is 0 Å². The van der Waals surface area contributed by atoms with Crippen LogP contribution < -0.4 is 0 Å². The fraction of sp³-hybridized carbons (Fsp3) is 0.917. The summed E-state index contributed by atoms with van der Waals surface area (Å²) in [5.41, 5.74) is 0. The van der Waals surface area contributed by atoms with Gasteiger partial charge in [0, 0.05) is 19.2 Å². The third-order valence-corrected chi connectivity index (χ3v) is 3.78. The molecule has 2 heterocycles. The molecular weight excluding hydrogens is 222 g/mol. The van der Waals surface area contributed by atoms with Gasteiger partial charge < -0.3 is 14.6 Å². The first-order chi connectivity index (χ1) is 8.08. The molecule has 4 atom stereocenters. The van der Waals surface area contributed by atoms with E-state index in [1.165, 1.54) is 0 Å². The molecule has 0 aliphatic carbocycles. The van der Waals surface area contributed by atoms with Gasteiger partial charge in [-0.25, -0.2) is 4.79 Å². The maximum atomic E-state index is 10.8. The summed E-state index contributed by atoms with van der Waals surface area (Å²) >= 11 is 0. The van der Waals surface area contributed by atoms with Crippen LogP contribution in [0.2, 0.25) is 0 Å². The average Bonchev–Trinajstić information content (AvgIpc) is 2.86. The molecule has 0 saturated carbocycles. The first-order valence-corrected chi connectivity index (χ1v) is 6.28. The Hall–Kier alpha value is -0.650. The van der Waals surface area contributed by atoms with Gasteiger partial charge in [-0.1, -0.05) is 0 Å². The van der Waals surface area contributed by atoms with Crippen LogP contribution in [0.3, 0.4) is 0 Å². The van der Waals surface area contributed by atoms with Crippen LogP contribution in [0.5, 0.6) is 0 Å². The van der Waals surface area contributed by atoms with Crippen LogP contribution in [-0.2, 0) is 14.3 Å². The van der Waals surface area contributed by atoms with E-state index in [0.29, 0.717) is 12.5 Å². The Kier molecular flexibility index (Phi) is 4.01. The molecule has 0 aromatic carbocycles. The van der Waals surface area contributed by atoms with Crippen molar-refractivity contribution in [1.29, 1.82) is 0 Å². The van der Waals surface area contributed by atoms with Gasteiger partial charge in [0.25, 0.3) is 0 Å². The number of carbonyl (C=O) groups is 1. The van der Waals surface area contributed by atoms with E-state index in [1.54, 1.807) is 0 Å². The molecule has 2 aliphatic heterocycles. The summed E-state index contributed by atoms with van der Waals surface area (Å²) in [5.74, 6) is -0.840. The van der Waals surface area contributed by atoms with Gasteiger partial charge in [0.05, 0.1) is 12.2 Å². The molecule has 0 bridgehead atoms. The highest BCUT2D eigenvalue weighted by Crippen LogP contribution is 2.23. The smallest absolute Gasteiger partial charge is 0.332 e. The molecule has 0 aromatic rings. The molecule has 2 aliphatic rings. The third-order valence-electron chi connectivity index (χ3n) is 3.78. The molecule has 1 N–H and O–H groups in total. The molecule has 0 spiro atoms. The van der Waals surface area contributed by atoms with Crippen molar-refractivity contribution >= 4 is 5.97 Å². The minimum Gasteiger partial charge on any atom is -0.479 e. The number of hydrogen-bond donors (Lipinski definition) is 1. The van der Waals surface area contributed by atoms with Crippen molar-refractivity contribution in [3.63, 3.8) is 0 Å². The highest BCUT2D eigenvalue weighted by atomic mass is 16.5. The summed E-state index contributed by atoms with van der Waals surface area (Å²) < 4.78 is 11.0. The van der Waals surface area contributed by atoms with Gasteiger partial charge in [0.2, 0.25) is 0 Å². The van der Waals surface area contributed by atoms with E-state index < -0.39 is 12.1 Å². The number of aliphatic carboxylic acids is 1. The van der Waals surface area contributed by atoms with Gasteiger partial charge in [-0.3, -0.25) is 4.90 Å². The van der Waals surface area contributed by atoms with Crippen molar-refractivity contribution < 1.29 is 19.4 Å². The van der Waals surface area contributed by atoms with E-state index in [-0.39, 0.29) is 12.2 Å². The van der Waals surface area contributed by atoms with Gasteiger partial charge in [-0.2, -0.15) is 0 Å². The predicted molar refractivity (Wildman–Crippen MR) is 62.0 cm³/mol. The molecule has 5 nitrogen and oxygen atoms in total. The Morgan fingerprint density at radius 3 is 2.71 bits per heavy atom. The molecule has 0 amide bonds. The Morgan fingerprint density at radius 2 is 2.18 bits per heavy atom. The van der Waals surface area contributed by atoms with Crippen LogP contribution in [0.25, 0.3) is 0 Å². The second kappa shape index (κ2) is 5.33. The summed E-state index contributed by atoms with van der Waals surface area (Å²) in [6, 6.07) is 0.433. The van der Waals surface area contributed by atoms with Crippen LogP contribution in [0.1, 0.15) is 26.2 Å². The summed E-state index contributed by atoms with van der Waals surface area (Å²) in [5, 5.41) is 8.86. The minimum absolute atomic E-state index is 0.0499. The van der Waals surface area contributed by atoms with Gasteiger partial charge in [0.15, 0.2) is 6.10 Å². The zero-order valence-electron chi connectivity index (χ0n) is 10.5. The zero-order chi connectivity index (χ0) is 12.4. The molecule has 2 fully saturated rings. The minimum atomic E-state index is -0.840. The van der Waals surface area contributed by atoms with E-state index >= 15 is 0 Å². The molecular formula is C12H21NO4. The van der Waals surface area contributed by atoms with E-state index in [4.69, 9.17) is 14.6 Å². The van der Waals surface area contributed by atoms with Gasteiger partial charge in [-0.05, 0) is 33.2 Å². The quantitative estimate of drug-likeness (QED) is 0.788. The van der Waals surface area contributed by atoms with Gasteiger partial charge >= 0.3 is 5.97 Å². The van der Waals surface area contributed by atoms with Crippen molar-refractivity contribution in [1.82, 2.24) is 4.90 Å². The molecule has 4 unspecified atom stereocenters. The van der Waals surface area contributed by atoms with Crippen LogP contribution in [0, 0.1) is 0 Å². The van der Waals surface area contributed by atoms with Crippen molar-refractivity contribution in [3.8, 4) is 0 Å².